The first-order valence-electron chi connectivity index (χ1n) is 9.95. The van der Waals surface area contributed by atoms with E-state index in [4.69, 9.17) is 14.2 Å². The Balaban J connectivity index is 1.80. The lowest BCUT2D eigenvalue weighted by molar-refractivity contribution is -0.388. The third-order valence-corrected chi connectivity index (χ3v) is 5.19. The molecule has 30 heavy (non-hydrogen) atoms. The van der Waals surface area contributed by atoms with Crippen LogP contribution in [-0.2, 0) is 18.3 Å². The van der Waals surface area contributed by atoms with Gasteiger partial charge in [-0.2, -0.15) is 0 Å². The smallest absolute Gasteiger partial charge is 0.406 e. The van der Waals surface area contributed by atoms with E-state index in [0.717, 1.165) is 44.8 Å². The Morgan fingerprint density at radius 1 is 1.23 bits per heavy atom. The van der Waals surface area contributed by atoms with E-state index in [0.29, 0.717) is 30.4 Å². The van der Waals surface area contributed by atoms with Crippen LogP contribution < -0.4 is 14.4 Å². The molecule has 164 valence electrons. The van der Waals surface area contributed by atoms with Crippen molar-refractivity contribution in [2.24, 2.45) is 7.05 Å². The van der Waals surface area contributed by atoms with Gasteiger partial charge in [-0.25, -0.2) is 0 Å². The van der Waals surface area contributed by atoms with Gasteiger partial charge in [0.05, 0.1) is 27.4 Å². The number of aryl methyl sites for hydroxylation is 1. The second-order valence-electron chi connectivity index (χ2n) is 7.18. The molecule has 0 aliphatic carbocycles. The molecule has 0 radical (unpaired) electrons. The van der Waals surface area contributed by atoms with Gasteiger partial charge in [0.15, 0.2) is 11.5 Å². The molecule has 3 rings (SSSR count). The van der Waals surface area contributed by atoms with E-state index in [1.165, 1.54) is 6.33 Å². The van der Waals surface area contributed by atoms with Crippen LogP contribution in [0.3, 0.4) is 0 Å². The first-order valence-corrected chi connectivity index (χ1v) is 9.95. The summed E-state index contributed by atoms with van der Waals surface area (Å²) in [5, 5.41) is 11.5. The highest BCUT2D eigenvalue weighted by molar-refractivity contribution is 5.55. The third kappa shape index (κ3) is 5.19. The summed E-state index contributed by atoms with van der Waals surface area (Å²) in [6, 6.07) is 5.69. The average molecular weight is 419 g/mol. The Kier molecular flexibility index (Phi) is 7.47. The topological polar surface area (TPSA) is 95.1 Å². The van der Waals surface area contributed by atoms with Crippen LogP contribution in [0.2, 0.25) is 0 Å². The van der Waals surface area contributed by atoms with Crippen LogP contribution in [0.4, 0.5) is 11.6 Å². The van der Waals surface area contributed by atoms with E-state index in [1.807, 2.05) is 23.1 Å². The fraction of sp³-hybridized carbons (Fsp3) is 0.550. The van der Waals surface area contributed by atoms with Crippen LogP contribution in [-0.4, -0.2) is 73.0 Å². The number of nitrogens with zero attached hydrogens (tertiary/aromatic N) is 5. The maximum absolute atomic E-state index is 11.5. The summed E-state index contributed by atoms with van der Waals surface area (Å²) in [5.74, 6) is 1.63. The molecule has 10 heteroatoms. The molecule has 1 aliphatic rings. The fourth-order valence-corrected chi connectivity index (χ4v) is 3.67. The zero-order valence-electron chi connectivity index (χ0n) is 17.7. The summed E-state index contributed by atoms with van der Waals surface area (Å²) in [4.78, 5) is 19.5. The molecule has 0 atom stereocenters. The molecule has 1 aromatic carbocycles. The number of hydrogen-bond acceptors (Lipinski definition) is 8. The number of ether oxygens (including phenoxy) is 3. The lowest BCUT2D eigenvalue weighted by atomic mass is 10.1. The van der Waals surface area contributed by atoms with Gasteiger partial charge in [0.2, 0.25) is 12.1 Å². The number of hydrogen-bond donors (Lipinski definition) is 0. The molecule has 2 aromatic rings. The minimum atomic E-state index is -0.432. The standard InChI is InChI=1S/C20H29N5O5/c1-22-15-21-19(25(26)27)20(22)24(8-4-7-23-9-11-30-12-10-23)14-16-5-6-17(28-2)18(13-16)29-3/h5-6,13,15H,4,7-12,14H2,1-3H3. The quantitative estimate of drug-likeness (QED) is 0.427. The number of nitro groups is 1. The van der Waals surface area contributed by atoms with Crippen molar-refractivity contribution in [3.63, 3.8) is 0 Å². The van der Waals surface area contributed by atoms with Gasteiger partial charge in [-0.05, 0) is 34.0 Å². The minimum absolute atomic E-state index is 0.135. The van der Waals surface area contributed by atoms with E-state index in [-0.39, 0.29) is 5.82 Å². The van der Waals surface area contributed by atoms with Gasteiger partial charge >= 0.3 is 5.82 Å². The third-order valence-electron chi connectivity index (χ3n) is 5.19. The molecule has 0 spiro atoms. The van der Waals surface area contributed by atoms with E-state index in [9.17, 15) is 10.1 Å². The van der Waals surface area contributed by atoms with Gasteiger partial charge in [-0.15, -0.1) is 0 Å². The van der Waals surface area contributed by atoms with Gasteiger partial charge in [0, 0.05) is 39.8 Å². The SMILES string of the molecule is COc1ccc(CN(CCCN2CCOCC2)c2c([N+](=O)[O-])ncn2C)cc1OC. The van der Waals surface area contributed by atoms with Gasteiger partial charge < -0.3 is 29.2 Å². The monoisotopic (exact) mass is 419 g/mol. The molecule has 1 aliphatic heterocycles. The Morgan fingerprint density at radius 2 is 1.97 bits per heavy atom. The number of benzene rings is 1. The van der Waals surface area contributed by atoms with Gasteiger partial charge in [-0.1, -0.05) is 6.07 Å². The van der Waals surface area contributed by atoms with Crippen LogP contribution in [0.25, 0.3) is 0 Å². The molecular weight excluding hydrogens is 390 g/mol. The lowest BCUT2D eigenvalue weighted by Crippen LogP contribution is -2.38. The molecule has 1 fully saturated rings. The summed E-state index contributed by atoms with van der Waals surface area (Å²) in [5.41, 5.74) is 0.967. The van der Waals surface area contributed by atoms with E-state index < -0.39 is 4.92 Å². The lowest BCUT2D eigenvalue weighted by Gasteiger charge is -2.29. The van der Waals surface area contributed by atoms with E-state index in [1.54, 1.807) is 25.8 Å². The first kappa shape index (κ1) is 21.8. The predicted molar refractivity (Wildman–Crippen MR) is 112 cm³/mol. The van der Waals surface area contributed by atoms with E-state index in [2.05, 4.69) is 9.88 Å². The zero-order chi connectivity index (χ0) is 21.5. The summed E-state index contributed by atoms with van der Waals surface area (Å²) in [7, 11) is 4.96. The van der Waals surface area contributed by atoms with E-state index >= 15 is 0 Å². The summed E-state index contributed by atoms with van der Waals surface area (Å²) < 4.78 is 17.8. The summed E-state index contributed by atoms with van der Waals surface area (Å²) in [6.07, 6.45) is 2.35. The Bertz CT molecular complexity index is 850. The maximum atomic E-state index is 11.5. The van der Waals surface area contributed by atoms with Crippen LogP contribution in [0.15, 0.2) is 24.5 Å². The van der Waals surface area contributed by atoms with Crippen molar-refractivity contribution in [1.82, 2.24) is 14.5 Å². The molecule has 0 N–H and O–H groups in total. The highest BCUT2D eigenvalue weighted by Crippen LogP contribution is 2.31. The van der Waals surface area contributed by atoms with Gasteiger partial charge in [0.25, 0.3) is 0 Å². The Hall–Kier alpha value is -2.85. The molecule has 0 bridgehead atoms. The van der Waals surface area contributed by atoms with Crippen molar-refractivity contribution in [2.45, 2.75) is 13.0 Å². The fourth-order valence-electron chi connectivity index (χ4n) is 3.67. The Morgan fingerprint density at radius 3 is 2.63 bits per heavy atom. The average Bonchev–Trinajstić information content (AvgIpc) is 3.15. The normalized spacial score (nSPS) is 14.5. The van der Waals surface area contributed by atoms with Crippen molar-refractivity contribution < 1.29 is 19.1 Å². The molecule has 10 nitrogen and oxygen atoms in total. The summed E-state index contributed by atoms with van der Waals surface area (Å²) >= 11 is 0. The van der Waals surface area contributed by atoms with Crippen LogP contribution in [0, 0.1) is 10.1 Å². The predicted octanol–water partition coefficient (Wildman–Crippen LogP) is 2.07. The zero-order valence-corrected chi connectivity index (χ0v) is 17.7. The van der Waals surface area contributed by atoms with Crippen molar-refractivity contribution in [2.75, 3.05) is 58.5 Å². The van der Waals surface area contributed by atoms with Crippen molar-refractivity contribution >= 4 is 11.6 Å². The second-order valence-corrected chi connectivity index (χ2v) is 7.18. The van der Waals surface area contributed by atoms with Gasteiger partial charge in [0.1, 0.15) is 0 Å². The molecule has 0 amide bonds. The Labute approximate surface area is 176 Å². The number of imidazole rings is 1. The molecular formula is C20H29N5O5. The number of methoxy groups -OCH3 is 2. The summed E-state index contributed by atoms with van der Waals surface area (Å²) in [6.45, 7) is 5.40. The van der Waals surface area contributed by atoms with Crippen molar-refractivity contribution in [3.05, 3.63) is 40.2 Å². The number of morpholine rings is 1. The highest BCUT2D eigenvalue weighted by Gasteiger charge is 2.26. The van der Waals surface area contributed by atoms with Crippen LogP contribution >= 0.6 is 0 Å². The molecule has 0 unspecified atom stereocenters. The molecule has 2 heterocycles. The van der Waals surface area contributed by atoms with Crippen LogP contribution in [0.5, 0.6) is 11.5 Å². The van der Waals surface area contributed by atoms with Gasteiger partial charge in [-0.3, -0.25) is 9.47 Å². The molecule has 1 aromatic heterocycles. The maximum Gasteiger partial charge on any atom is 0.406 e. The number of aromatic nitrogens is 2. The highest BCUT2D eigenvalue weighted by atomic mass is 16.6. The first-order chi connectivity index (χ1) is 14.5. The molecule has 1 saturated heterocycles. The number of rotatable bonds is 10. The molecule has 0 saturated carbocycles. The van der Waals surface area contributed by atoms with Crippen LogP contribution in [0.1, 0.15) is 12.0 Å². The largest absolute Gasteiger partial charge is 0.493 e. The number of anilines is 1. The van der Waals surface area contributed by atoms with Crippen molar-refractivity contribution in [3.8, 4) is 11.5 Å². The van der Waals surface area contributed by atoms with Crippen molar-refractivity contribution in [1.29, 1.82) is 0 Å². The second kappa shape index (κ2) is 10.3. The minimum Gasteiger partial charge on any atom is -0.493 e.